The van der Waals surface area contributed by atoms with E-state index in [9.17, 15) is 9.59 Å². The summed E-state index contributed by atoms with van der Waals surface area (Å²) in [6, 6.07) is 16.3. The van der Waals surface area contributed by atoms with E-state index < -0.39 is 0 Å². The van der Waals surface area contributed by atoms with Gasteiger partial charge in [0.15, 0.2) is 0 Å². The molecule has 1 heterocycles. The summed E-state index contributed by atoms with van der Waals surface area (Å²) in [6.45, 7) is 2.18. The van der Waals surface area contributed by atoms with Crippen LogP contribution in [0, 0.1) is 0 Å². The van der Waals surface area contributed by atoms with Crippen molar-refractivity contribution in [3.05, 3.63) is 64.6 Å². The van der Waals surface area contributed by atoms with Crippen molar-refractivity contribution >= 4 is 35.3 Å². The number of nitrogens with one attached hydrogen (secondary N) is 1. The highest BCUT2D eigenvalue weighted by Gasteiger charge is 2.30. The van der Waals surface area contributed by atoms with Gasteiger partial charge in [0.2, 0.25) is 5.91 Å². The van der Waals surface area contributed by atoms with Crippen LogP contribution in [0.3, 0.4) is 0 Å². The summed E-state index contributed by atoms with van der Waals surface area (Å²) >= 11 is 1.48. The monoisotopic (exact) mass is 448 g/mol. The SMILES string of the molecule is CCc1ccc(C=C2Sc3ccccc3N(CC(=O)NC3CCCCCCC3)C2=O)cc1. The number of nitrogens with zero attached hydrogens (tertiary/aromatic N) is 1. The number of rotatable bonds is 5. The smallest absolute Gasteiger partial charge is 0.265 e. The summed E-state index contributed by atoms with van der Waals surface area (Å²) in [6.07, 6.45) is 11.1. The van der Waals surface area contributed by atoms with Crippen LogP contribution in [-0.2, 0) is 16.0 Å². The molecule has 0 spiro atoms. The van der Waals surface area contributed by atoms with Gasteiger partial charge in [-0.2, -0.15) is 0 Å². The number of amides is 2. The molecule has 2 aromatic carbocycles. The van der Waals surface area contributed by atoms with E-state index in [1.54, 1.807) is 4.90 Å². The van der Waals surface area contributed by atoms with E-state index >= 15 is 0 Å². The predicted molar refractivity (Wildman–Crippen MR) is 133 cm³/mol. The molecule has 2 aromatic rings. The summed E-state index contributed by atoms with van der Waals surface area (Å²) < 4.78 is 0. The van der Waals surface area contributed by atoms with Crippen LogP contribution in [0.1, 0.15) is 63.0 Å². The van der Waals surface area contributed by atoms with E-state index in [0.29, 0.717) is 4.91 Å². The summed E-state index contributed by atoms with van der Waals surface area (Å²) in [4.78, 5) is 29.6. The molecule has 1 N–H and O–H groups in total. The van der Waals surface area contributed by atoms with Gasteiger partial charge in [-0.1, -0.05) is 87.2 Å². The molecule has 2 aliphatic rings. The second-order valence-electron chi connectivity index (χ2n) is 8.67. The molecule has 1 fully saturated rings. The minimum absolute atomic E-state index is 0.0546. The first-order valence-electron chi connectivity index (χ1n) is 11.8. The molecule has 0 saturated heterocycles. The third kappa shape index (κ3) is 5.63. The van der Waals surface area contributed by atoms with Gasteiger partial charge in [-0.3, -0.25) is 14.5 Å². The van der Waals surface area contributed by atoms with Crippen LogP contribution < -0.4 is 10.2 Å². The first-order chi connectivity index (χ1) is 15.6. The molecular weight excluding hydrogens is 416 g/mol. The Labute approximate surface area is 195 Å². The normalized spacial score (nSPS) is 18.7. The zero-order valence-electron chi connectivity index (χ0n) is 18.8. The maximum atomic E-state index is 13.4. The number of benzene rings is 2. The van der Waals surface area contributed by atoms with Gasteiger partial charge >= 0.3 is 0 Å². The Bertz CT molecular complexity index is 975. The lowest BCUT2D eigenvalue weighted by Gasteiger charge is -2.30. The number of hydrogen-bond donors (Lipinski definition) is 1. The lowest BCUT2D eigenvalue weighted by molar-refractivity contribution is -0.123. The fourth-order valence-corrected chi connectivity index (χ4v) is 5.50. The van der Waals surface area contributed by atoms with Gasteiger partial charge in [0, 0.05) is 10.9 Å². The number of hydrogen-bond acceptors (Lipinski definition) is 3. The van der Waals surface area contributed by atoms with Crippen molar-refractivity contribution in [2.24, 2.45) is 0 Å². The molecule has 1 saturated carbocycles. The van der Waals surface area contributed by atoms with Gasteiger partial charge in [-0.15, -0.1) is 0 Å². The fraction of sp³-hybridized carbons (Fsp3) is 0.407. The third-order valence-corrected chi connectivity index (χ3v) is 7.37. The molecule has 2 amide bonds. The second-order valence-corrected chi connectivity index (χ2v) is 9.76. The Morgan fingerprint density at radius 2 is 1.72 bits per heavy atom. The number of anilines is 1. The number of thioether (sulfide) groups is 1. The molecule has 32 heavy (non-hydrogen) atoms. The van der Waals surface area contributed by atoms with Crippen molar-refractivity contribution in [3.8, 4) is 0 Å². The molecule has 0 radical (unpaired) electrons. The summed E-state index contributed by atoms with van der Waals surface area (Å²) in [5, 5.41) is 3.20. The Morgan fingerprint density at radius 1 is 1.03 bits per heavy atom. The van der Waals surface area contributed by atoms with E-state index in [-0.39, 0.29) is 24.4 Å². The maximum absolute atomic E-state index is 13.4. The number of carbonyl (C=O) groups is 2. The molecule has 0 bridgehead atoms. The molecule has 5 heteroatoms. The standard InChI is InChI=1S/C27H32N2O2S/c1-2-20-14-16-21(17-15-20)18-25-27(31)29(23-12-8-9-13-24(23)32-25)19-26(30)28-22-10-6-4-3-5-7-11-22/h8-9,12-18,22H,2-7,10-11,19H2,1H3,(H,28,30). The number of aryl methyl sites for hydroxylation is 1. The highest BCUT2D eigenvalue weighted by atomic mass is 32.2. The average molecular weight is 449 g/mol. The first kappa shape index (κ1) is 22.7. The van der Waals surface area contributed by atoms with Crippen molar-refractivity contribution in [1.29, 1.82) is 0 Å². The Balaban J connectivity index is 1.52. The van der Waals surface area contributed by atoms with Crippen LogP contribution in [0.25, 0.3) is 6.08 Å². The summed E-state index contributed by atoms with van der Waals surface area (Å²) in [5.74, 6) is -0.182. The van der Waals surface area contributed by atoms with Crippen LogP contribution in [0.4, 0.5) is 5.69 Å². The Kier molecular flexibility index (Phi) is 7.69. The molecular formula is C27H32N2O2S. The Morgan fingerprint density at radius 3 is 2.44 bits per heavy atom. The lowest BCUT2D eigenvalue weighted by atomic mass is 9.97. The van der Waals surface area contributed by atoms with Crippen molar-refractivity contribution in [1.82, 2.24) is 5.32 Å². The van der Waals surface area contributed by atoms with Gasteiger partial charge < -0.3 is 5.32 Å². The van der Waals surface area contributed by atoms with Crippen LogP contribution in [-0.4, -0.2) is 24.4 Å². The minimum atomic E-state index is -0.110. The van der Waals surface area contributed by atoms with Crippen molar-refractivity contribution in [2.75, 3.05) is 11.4 Å². The van der Waals surface area contributed by atoms with E-state index in [2.05, 4.69) is 24.4 Å². The zero-order valence-corrected chi connectivity index (χ0v) is 19.6. The molecule has 168 valence electrons. The molecule has 0 unspecified atom stereocenters. The van der Waals surface area contributed by atoms with E-state index in [0.717, 1.165) is 48.3 Å². The van der Waals surface area contributed by atoms with Gasteiger partial charge in [-0.05, 0) is 48.6 Å². The van der Waals surface area contributed by atoms with Gasteiger partial charge in [0.1, 0.15) is 6.54 Å². The fourth-order valence-electron chi connectivity index (χ4n) is 4.44. The second kappa shape index (κ2) is 10.9. The van der Waals surface area contributed by atoms with E-state index in [4.69, 9.17) is 0 Å². The number of carbonyl (C=O) groups excluding carboxylic acids is 2. The third-order valence-electron chi connectivity index (χ3n) is 6.29. The summed E-state index contributed by atoms with van der Waals surface area (Å²) in [5.41, 5.74) is 3.08. The van der Waals surface area contributed by atoms with Gasteiger partial charge in [-0.25, -0.2) is 0 Å². The quantitative estimate of drug-likeness (QED) is 0.574. The molecule has 1 aliphatic heterocycles. The van der Waals surface area contributed by atoms with Crippen molar-refractivity contribution < 1.29 is 9.59 Å². The topological polar surface area (TPSA) is 49.4 Å². The van der Waals surface area contributed by atoms with E-state index in [1.807, 2.05) is 42.5 Å². The predicted octanol–water partition coefficient (Wildman–Crippen LogP) is 5.96. The molecule has 4 rings (SSSR count). The van der Waals surface area contributed by atoms with Crippen LogP contribution in [0.2, 0.25) is 0 Å². The number of fused-ring (bicyclic) bond motifs is 1. The van der Waals surface area contributed by atoms with Crippen LogP contribution in [0.15, 0.2) is 58.3 Å². The maximum Gasteiger partial charge on any atom is 0.265 e. The molecule has 4 nitrogen and oxygen atoms in total. The lowest BCUT2D eigenvalue weighted by Crippen LogP contribution is -2.45. The summed E-state index contributed by atoms with van der Waals surface area (Å²) in [7, 11) is 0. The highest BCUT2D eigenvalue weighted by molar-refractivity contribution is 8.04. The largest absolute Gasteiger partial charge is 0.352 e. The van der Waals surface area contributed by atoms with Crippen LogP contribution in [0.5, 0.6) is 0 Å². The van der Waals surface area contributed by atoms with Crippen molar-refractivity contribution in [3.63, 3.8) is 0 Å². The van der Waals surface area contributed by atoms with E-state index in [1.165, 1.54) is 36.6 Å². The molecule has 1 aliphatic carbocycles. The molecule has 0 aromatic heterocycles. The Hall–Kier alpha value is -2.53. The first-order valence-corrected chi connectivity index (χ1v) is 12.6. The van der Waals surface area contributed by atoms with Gasteiger partial charge in [0.05, 0.1) is 10.6 Å². The average Bonchev–Trinajstić information content (AvgIpc) is 2.79. The van der Waals surface area contributed by atoms with Crippen molar-refractivity contribution in [2.45, 2.75) is 69.2 Å². The molecule has 0 atom stereocenters. The minimum Gasteiger partial charge on any atom is -0.352 e. The highest BCUT2D eigenvalue weighted by Crippen LogP contribution is 2.41. The zero-order chi connectivity index (χ0) is 22.3. The van der Waals surface area contributed by atoms with Crippen LogP contribution >= 0.6 is 11.8 Å². The number of para-hydroxylation sites is 1. The van der Waals surface area contributed by atoms with Gasteiger partial charge in [0.25, 0.3) is 5.91 Å².